The Balaban J connectivity index is 1.91. The van der Waals surface area contributed by atoms with Crippen molar-refractivity contribution in [3.8, 4) is 0 Å². The van der Waals surface area contributed by atoms with Gasteiger partial charge in [0.15, 0.2) is 0 Å². The van der Waals surface area contributed by atoms with Gasteiger partial charge < -0.3 is 0 Å². The third-order valence-electron chi connectivity index (χ3n) is 4.62. The lowest BCUT2D eigenvalue weighted by Crippen LogP contribution is -1.99. The summed E-state index contributed by atoms with van der Waals surface area (Å²) in [7, 11) is 0. The first kappa shape index (κ1) is 22.8. The molecule has 0 aliphatic heterocycles. The van der Waals surface area contributed by atoms with Gasteiger partial charge in [-0.25, -0.2) is 0 Å². The highest BCUT2D eigenvalue weighted by Crippen LogP contribution is 2.34. The summed E-state index contributed by atoms with van der Waals surface area (Å²) in [5.41, 5.74) is 0. The van der Waals surface area contributed by atoms with Crippen LogP contribution in [0.1, 0.15) is 66.2 Å². The quantitative estimate of drug-likeness (QED) is 0.315. The van der Waals surface area contributed by atoms with E-state index in [2.05, 4.69) is 76.2 Å². The Bertz CT molecular complexity index is 576. The summed E-state index contributed by atoms with van der Waals surface area (Å²) in [4.78, 5) is 5.43. The molecular weight excluding hydrogens is 384 g/mol. The molecule has 0 saturated carbocycles. The lowest BCUT2D eigenvalue weighted by atomic mass is 10.2. The molecule has 0 aliphatic carbocycles. The molecule has 2 unspecified atom stereocenters. The fourth-order valence-corrected chi connectivity index (χ4v) is 6.24. The largest absolute Gasteiger partial charge is 0.123 e. The molecule has 0 aromatic heterocycles. The van der Waals surface area contributed by atoms with E-state index in [1.54, 1.807) is 0 Å². The highest BCUT2D eigenvalue weighted by atomic mass is 32.2. The first-order valence-electron chi connectivity index (χ1n) is 10.4. The van der Waals surface area contributed by atoms with Crippen LogP contribution in [0, 0.1) is 0 Å². The molecule has 0 bridgehead atoms. The van der Waals surface area contributed by atoms with Crippen molar-refractivity contribution < 1.29 is 0 Å². The molecule has 0 saturated heterocycles. The molecule has 148 valence electrons. The Morgan fingerprint density at radius 1 is 0.556 bits per heavy atom. The zero-order valence-electron chi connectivity index (χ0n) is 17.2. The average molecular weight is 419 g/mol. The van der Waals surface area contributed by atoms with Crippen LogP contribution >= 0.6 is 35.3 Å². The molecule has 0 aliphatic rings. The van der Waals surface area contributed by atoms with E-state index in [1.165, 1.54) is 58.1 Å². The zero-order chi connectivity index (χ0) is 19.5. The van der Waals surface area contributed by atoms with E-state index in [0.717, 1.165) is 10.5 Å². The van der Waals surface area contributed by atoms with E-state index in [1.807, 2.05) is 35.3 Å². The molecule has 0 radical (unpaired) electrons. The van der Waals surface area contributed by atoms with Gasteiger partial charge in [-0.05, 0) is 74.2 Å². The highest BCUT2D eigenvalue weighted by molar-refractivity contribution is 8.00. The van der Waals surface area contributed by atoms with Crippen LogP contribution in [-0.2, 0) is 0 Å². The van der Waals surface area contributed by atoms with E-state index in [-0.39, 0.29) is 0 Å². The molecular formula is C24H34S3. The molecule has 2 aromatic rings. The molecule has 0 nitrogen and oxygen atoms in total. The van der Waals surface area contributed by atoms with Crippen LogP contribution in [0.2, 0.25) is 0 Å². The average Bonchev–Trinajstić information content (AvgIpc) is 2.70. The maximum atomic E-state index is 2.30. The topological polar surface area (TPSA) is 0 Å². The van der Waals surface area contributed by atoms with Crippen molar-refractivity contribution >= 4 is 35.3 Å². The Morgan fingerprint density at radius 2 is 0.889 bits per heavy atom. The predicted molar refractivity (Wildman–Crippen MR) is 127 cm³/mol. The van der Waals surface area contributed by atoms with Crippen LogP contribution < -0.4 is 0 Å². The van der Waals surface area contributed by atoms with Gasteiger partial charge in [0.25, 0.3) is 0 Å². The van der Waals surface area contributed by atoms with E-state index < -0.39 is 0 Å². The standard InChI is InChI=1S/C24H34S3/c1-5-9-19(7-3)25-21-11-15-23(16-12-21)27-24-17-13-22(14-18-24)26-20(8-4)10-6-2/h11-20H,5-10H2,1-4H3. The number of rotatable bonds is 12. The summed E-state index contributed by atoms with van der Waals surface area (Å²) in [5, 5.41) is 1.50. The molecule has 0 fully saturated rings. The van der Waals surface area contributed by atoms with Crippen molar-refractivity contribution in [1.82, 2.24) is 0 Å². The van der Waals surface area contributed by atoms with Gasteiger partial charge in [-0.2, -0.15) is 0 Å². The monoisotopic (exact) mass is 418 g/mol. The molecule has 0 heterocycles. The smallest absolute Gasteiger partial charge is 0.0123 e. The van der Waals surface area contributed by atoms with Crippen LogP contribution in [0.25, 0.3) is 0 Å². The lowest BCUT2D eigenvalue weighted by Gasteiger charge is -2.14. The number of hydrogen-bond donors (Lipinski definition) is 0. The van der Waals surface area contributed by atoms with Crippen molar-refractivity contribution in [2.75, 3.05) is 0 Å². The predicted octanol–water partition coefficient (Wildman–Crippen LogP) is 9.18. The number of benzene rings is 2. The van der Waals surface area contributed by atoms with Crippen molar-refractivity contribution in [3.05, 3.63) is 48.5 Å². The van der Waals surface area contributed by atoms with Crippen LogP contribution in [-0.4, -0.2) is 10.5 Å². The first-order valence-corrected chi connectivity index (χ1v) is 13.0. The minimum atomic E-state index is 0.748. The van der Waals surface area contributed by atoms with Gasteiger partial charge >= 0.3 is 0 Å². The van der Waals surface area contributed by atoms with Crippen LogP contribution in [0.15, 0.2) is 68.1 Å². The number of hydrogen-bond acceptors (Lipinski definition) is 3. The van der Waals surface area contributed by atoms with Crippen LogP contribution in [0.3, 0.4) is 0 Å². The molecule has 0 N–H and O–H groups in total. The third-order valence-corrected chi connectivity index (χ3v) is 8.53. The van der Waals surface area contributed by atoms with E-state index in [4.69, 9.17) is 0 Å². The van der Waals surface area contributed by atoms with E-state index >= 15 is 0 Å². The summed E-state index contributed by atoms with van der Waals surface area (Å²) in [6.45, 7) is 9.15. The summed E-state index contributed by atoms with van der Waals surface area (Å²) >= 11 is 5.92. The van der Waals surface area contributed by atoms with Gasteiger partial charge in [0.05, 0.1) is 0 Å². The zero-order valence-corrected chi connectivity index (χ0v) is 19.7. The summed E-state index contributed by atoms with van der Waals surface area (Å²) in [6.07, 6.45) is 7.64. The molecule has 0 spiro atoms. The Hall–Kier alpha value is -0.510. The Labute approximate surface area is 179 Å². The first-order chi connectivity index (χ1) is 13.2. The molecule has 2 aromatic carbocycles. The maximum absolute atomic E-state index is 2.30. The van der Waals surface area contributed by atoms with Gasteiger partial charge in [-0.1, -0.05) is 52.3 Å². The maximum Gasteiger partial charge on any atom is 0.0123 e. The van der Waals surface area contributed by atoms with E-state index in [0.29, 0.717) is 0 Å². The van der Waals surface area contributed by atoms with Crippen molar-refractivity contribution in [2.45, 2.75) is 96.3 Å². The highest BCUT2D eigenvalue weighted by Gasteiger charge is 2.09. The van der Waals surface area contributed by atoms with Crippen molar-refractivity contribution in [1.29, 1.82) is 0 Å². The fraction of sp³-hybridized carbons (Fsp3) is 0.500. The third kappa shape index (κ3) is 8.17. The van der Waals surface area contributed by atoms with Gasteiger partial charge in [0.2, 0.25) is 0 Å². The van der Waals surface area contributed by atoms with Crippen LogP contribution in [0.5, 0.6) is 0 Å². The second-order valence-corrected chi connectivity index (χ2v) is 10.8. The van der Waals surface area contributed by atoms with Crippen molar-refractivity contribution in [3.63, 3.8) is 0 Å². The molecule has 0 amide bonds. The summed E-state index contributed by atoms with van der Waals surface area (Å²) < 4.78 is 0. The minimum absolute atomic E-state index is 0.748. The molecule has 3 heteroatoms. The second-order valence-electron chi connectivity index (χ2n) is 6.92. The minimum Gasteiger partial charge on any atom is -0.123 e. The van der Waals surface area contributed by atoms with Gasteiger partial charge in [0, 0.05) is 30.1 Å². The fourth-order valence-electron chi connectivity index (χ4n) is 3.03. The second kappa shape index (κ2) is 12.9. The normalized spacial score (nSPS) is 13.5. The lowest BCUT2D eigenvalue weighted by molar-refractivity contribution is 0.719. The van der Waals surface area contributed by atoms with Crippen molar-refractivity contribution in [2.24, 2.45) is 0 Å². The number of thioether (sulfide) groups is 2. The molecule has 2 rings (SSSR count). The molecule has 27 heavy (non-hydrogen) atoms. The van der Waals surface area contributed by atoms with Gasteiger partial charge in [0.1, 0.15) is 0 Å². The summed E-state index contributed by atoms with van der Waals surface area (Å²) in [6, 6.07) is 18.2. The van der Waals surface area contributed by atoms with E-state index in [9.17, 15) is 0 Å². The molecule has 2 atom stereocenters. The SMILES string of the molecule is CCCC(CC)Sc1ccc(Sc2ccc(SC(CC)CCC)cc2)cc1. The summed E-state index contributed by atoms with van der Waals surface area (Å²) in [5.74, 6) is 0. The van der Waals surface area contributed by atoms with Crippen LogP contribution in [0.4, 0.5) is 0 Å². The van der Waals surface area contributed by atoms with Gasteiger partial charge in [-0.3, -0.25) is 0 Å². The Morgan fingerprint density at radius 3 is 1.19 bits per heavy atom. The van der Waals surface area contributed by atoms with Gasteiger partial charge in [-0.15, -0.1) is 23.5 Å². The Kier molecular flexibility index (Phi) is 10.8.